The fraction of sp³-hybridized carbons (Fsp3) is 0.625. The Hall–Kier alpha value is -0.860. The SMILES string of the molecule is Cc1cccc(CNCCCNCC(C)C)c1C. The predicted octanol–water partition coefficient (Wildman–Crippen LogP) is 3.03. The molecular weight excluding hydrogens is 220 g/mol. The molecule has 0 bridgehead atoms. The zero-order valence-corrected chi connectivity index (χ0v) is 12.3. The first-order valence-corrected chi connectivity index (χ1v) is 7.07. The van der Waals surface area contributed by atoms with Gasteiger partial charge < -0.3 is 10.6 Å². The van der Waals surface area contributed by atoms with E-state index in [1.165, 1.54) is 23.1 Å². The van der Waals surface area contributed by atoms with Crippen molar-refractivity contribution >= 4 is 0 Å². The Labute approximate surface area is 112 Å². The van der Waals surface area contributed by atoms with Gasteiger partial charge in [0, 0.05) is 6.54 Å². The van der Waals surface area contributed by atoms with Gasteiger partial charge in [-0.2, -0.15) is 0 Å². The average molecular weight is 248 g/mol. The van der Waals surface area contributed by atoms with Crippen LogP contribution in [0.1, 0.15) is 37.0 Å². The quantitative estimate of drug-likeness (QED) is 0.691. The molecule has 0 atom stereocenters. The van der Waals surface area contributed by atoms with Crippen LogP contribution in [0.15, 0.2) is 18.2 Å². The summed E-state index contributed by atoms with van der Waals surface area (Å²) in [5.41, 5.74) is 4.22. The van der Waals surface area contributed by atoms with Crippen molar-refractivity contribution in [3.63, 3.8) is 0 Å². The van der Waals surface area contributed by atoms with Crippen LogP contribution in [0.3, 0.4) is 0 Å². The van der Waals surface area contributed by atoms with Crippen LogP contribution in [-0.2, 0) is 6.54 Å². The van der Waals surface area contributed by atoms with Gasteiger partial charge in [0.1, 0.15) is 0 Å². The van der Waals surface area contributed by atoms with E-state index in [2.05, 4.69) is 56.5 Å². The molecule has 0 fully saturated rings. The van der Waals surface area contributed by atoms with E-state index < -0.39 is 0 Å². The Kier molecular flexibility index (Phi) is 6.99. The van der Waals surface area contributed by atoms with Crippen molar-refractivity contribution in [3.05, 3.63) is 34.9 Å². The van der Waals surface area contributed by atoms with E-state index in [0.717, 1.165) is 32.1 Å². The van der Waals surface area contributed by atoms with E-state index in [9.17, 15) is 0 Å². The standard InChI is InChI=1S/C16H28N2/c1-13(2)11-17-9-6-10-18-12-16-8-5-7-14(3)15(16)4/h5,7-8,13,17-18H,6,9-12H2,1-4H3. The Bertz CT molecular complexity index is 345. The van der Waals surface area contributed by atoms with Crippen LogP contribution < -0.4 is 10.6 Å². The molecule has 0 radical (unpaired) electrons. The van der Waals surface area contributed by atoms with E-state index in [4.69, 9.17) is 0 Å². The number of aryl methyl sites for hydroxylation is 1. The second-order valence-corrected chi connectivity index (χ2v) is 5.49. The molecule has 0 aliphatic heterocycles. The number of rotatable bonds is 8. The van der Waals surface area contributed by atoms with Crippen LogP contribution in [0.5, 0.6) is 0 Å². The molecule has 0 heterocycles. The lowest BCUT2D eigenvalue weighted by molar-refractivity contribution is 0.530. The van der Waals surface area contributed by atoms with Crippen molar-refractivity contribution < 1.29 is 0 Å². The molecule has 0 aliphatic rings. The third kappa shape index (κ3) is 5.65. The third-order valence-electron chi connectivity index (χ3n) is 3.29. The molecular formula is C16H28N2. The Morgan fingerprint density at radius 3 is 2.50 bits per heavy atom. The molecule has 0 amide bonds. The number of nitrogens with one attached hydrogen (secondary N) is 2. The monoisotopic (exact) mass is 248 g/mol. The van der Waals surface area contributed by atoms with Crippen molar-refractivity contribution in [2.24, 2.45) is 5.92 Å². The highest BCUT2D eigenvalue weighted by Crippen LogP contribution is 2.11. The van der Waals surface area contributed by atoms with Gasteiger partial charge in [-0.15, -0.1) is 0 Å². The lowest BCUT2D eigenvalue weighted by atomic mass is 10.0. The summed E-state index contributed by atoms with van der Waals surface area (Å²) >= 11 is 0. The van der Waals surface area contributed by atoms with Crippen molar-refractivity contribution in [1.82, 2.24) is 10.6 Å². The van der Waals surface area contributed by atoms with E-state index in [-0.39, 0.29) is 0 Å². The molecule has 2 nitrogen and oxygen atoms in total. The molecule has 0 aliphatic carbocycles. The Morgan fingerprint density at radius 1 is 1.06 bits per heavy atom. The number of benzene rings is 1. The summed E-state index contributed by atoms with van der Waals surface area (Å²) in [5, 5.41) is 6.98. The second kappa shape index (κ2) is 8.28. The first-order valence-electron chi connectivity index (χ1n) is 7.07. The summed E-state index contributed by atoms with van der Waals surface area (Å²) < 4.78 is 0. The zero-order valence-electron chi connectivity index (χ0n) is 12.3. The van der Waals surface area contributed by atoms with Crippen molar-refractivity contribution in [2.75, 3.05) is 19.6 Å². The molecule has 2 N–H and O–H groups in total. The lowest BCUT2D eigenvalue weighted by Gasteiger charge is -2.10. The van der Waals surface area contributed by atoms with Crippen molar-refractivity contribution in [3.8, 4) is 0 Å². The summed E-state index contributed by atoms with van der Waals surface area (Å²) in [6.45, 7) is 13.2. The van der Waals surface area contributed by atoms with Gasteiger partial charge in [-0.3, -0.25) is 0 Å². The normalized spacial score (nSPS) is 11.2. The Morgan fingerprint density at radius 2 is 1.78 bits per heavy atom. The van der Waals surface area contributed by atoms with Gasteiger partial charge in [0.15, 0.2) is 0 Å². The summed E-state index contributed by atoms with van der Waals surface area (Å²) in [7, 11) is 0. The van der Waals surface area contributed by atoms with Gasteiger partial charge in [-0.05, 0) is 62.5 Å². The minimum Gasteiger partial charge on any atom is -0.316 e. The molecule has 2 heteroatoms. The highest BCUT2D eigenvalue weighted by Gasteiger charge is 1.99. The highest BCUT2D eigenvalue weighted by atomic mass is 14.9. The average Bonchev–Trinajstić information content (AvgIpc) is 2.32. The predicted molar refractivity (Wildman–Crippen MR) is 79.9 cm³/mol. The summed E-state index contributed by atoms with van der Waals surface area (Å²) in [6, 6.07) is 6.53. The van der Waals surface area contributed by atoms with Gasteiger partial charge in [0.2, 0.25) is 0 Å². The van der Waals surface area contributed by atoms with Crippen molar-refractivity contribution in [2.45, 2.75) is 40.7 Å². The van der Waals surface area contributed by atoms with Crippen LogP contribution in [-0.4, -0.2) is 19.6 Å². The first kappa shape index (κ1) is 15.2. The van der Waals surface area contributed by atoms with E-state index in [1.807, 2.05) is 0 Å². The minimum atomic E-state index is 0.743. The van der Waals surface area contributed by atoms with Gasteiger partial charge in [-0.25, -0.2) is 0 Å². The Balaban J connectivity index is 2.13. The van der Waals surface area contributed by atoms with E-state index >= 15 is 0 Å². The molecule has 1 aromatic rings. The highest BCUT2D eigenvalue weighted by molar-refractivity contribution is 5.32. The third-order valence-corrected chi connectivity index (χ3v) is 3.29. The molecule has 0 spiro atoms. The van der Waals surface area contributed by atoms with Crippen LogP contribution in [0.25, 0.3) is 0 Å². The maximum atomic E-state index is 3.52. The molecule has 18 heavy (non-hydrogen) atoms. The second-order valence-electron chi connectivity index (χ2n) is 5.49. The van der Waals surface area contributed by atoms with Gasteiger partial charge in [-0.1, -0.05) is 32.0 Å². The molecule has 0 saturated heterocycles. The summed E-state index contributed by atoms with van der Waals surface area (Å²) in [5.74, 6) is 0.743. The maximum Gasteiger partial charge on any atom is 0.0208 e. The van der Waals surface area contributed by atoms with Crippen LogP contribution in [0.4, 0.5) is 0 Å². The smallest absolute Gasteiger partial charge is 0.0208 e. The first-order chi connectivity index (χ1) is 8.61. The maximum absolute atomic E-state index is 3.52. The van der Waals surface area contributed by atoms with Crippen LogP contribution in [0, 0.1) is 19.8 Å². The van der Waals surface area contributed by atoms with Gasteiger partial charge in [0.25, 0.3) is 0 Å². The molecule has 0 aromatic heterocycles. The zero-order chi connectivity index (χ0) is 13.4. The molecule has 1 rings (SSSR count). The fourth-order valence-corrected chi connectivity index (χ4v) is 1.96. The van der Waals surface area contributed by atoms with Gasteiger partial charge >= 0.3 is 0 Å². The van der Waals surface area contributed by atoms with Crippen molar-refractivity contribution in [1.29, 1.82) is 0 Å². The number of hydrogen-bond donors (Lipinski definition) is 2. The molecule has 1 aromatic carbocycles. The van der Waals surface area contributed by atoms with E-state index in [0.29, 0.717) is 0 Å². The summed E-state index contributed by atoms with van der Waals surface area (Å²) in [4.78, 5) is 0. The molecule has 102 valence electrons. The fourth-order valence-electron chi connectivity index (χ4n) is 1.96. The topological polar surface area (TPSA) is 24.1 Å². The molecule has 0 unspecified atom stereocenters. The lowest BCUT2D eigenvalue weighted by Crippen LogP contribution is -2.24. The van der Waals surface area contributed by atoms with E-state index in [1.54, 1.807) is 0 Å². The minimum absolute atomic E-state index is 0.743. The van der Waals surface area contributed by atoms with Gasteiger partial charge in [0.05, 0.1) is 0 Å². The molecule has 0 saturated carbocycles. The van der Waals surface area contributed by atoms with Crippen LogP contribution >= 0.6 is 0 Å². The summed E-state index contributed by atoms with van der Waals surface area (Å²) in [6.07, 6.45) is 1.19. The largest absolute Gasteiger partial charge is 0.316 e. The van der Waals surface area contributed by atoms with Crippen LogP contribution in [0.2, 0.25) is 0 Å². The number of hydrogen-bond acceptors (Lipinski definition) is 2.